The lowest BCUT2D eigenvalue weighted by Crippen LogP contribution is -2.34. The van der Waals surface area contributed by atoms with Crippen molar-refractivity contribution in [1.29, 1.82) is 0 Å². The second kappa shape index (κ2) is 7.14. The Morgan fingerprint density at radius 1 is 1.19 bits per heavy atom. The topological polar surface area (TPSA) is 38.1 Å². The molecule has 4 rings (SSSR count). The summed E-state index contributed by atoms with van der Waals surface area (Å²) in [5.41, 5.74) is 7.73. The molecule has 0 spiro atoms. The lowest BCUT2D eigenvalue weighted by molar-refractivity contribution is -0.133. The molecule has 4 nitrogen and oxygen atoms in total. The number of nitrogens with zero attached hydrogens (tertiary/aromatic N) is 3. The molecule has 2 atom stereocenters. The van der Waals surface area contributed by atoms with Gasteiger partial charge in [-0.05, 0) is 75.1 Å². The summed E-state index contributed by atoms with van der Waals surface area (Å²) in [6.07, 6.45) is 5.68. The number of benzene rings is 1. The minimum atomic E-state index is 0.203. The first-order valence-electron chi connectivity index (χ1n) is 10.4. The van der Waals surface area contributed by atoms with Crippen molar-refractivity contribution in [2.45, 2.75) is 78.3 Å². The molecule has 2 aliphatic rings. The van der Waals surface area contributed by atoms with Gasteiger partial charge in [-0.15, -0.1) is 0 Å². The summed E-state index contributed by atoms with van der Waals surface area (Å²) in [6.45, 7) is 9.94. The van der Waals surface area contributed by atoms with Crippen LogP contribution in [0, 0.1) is 20.8 Å². The Hall–Kier alpha value is -2.10. The monoisotopic (exact) mass is 365 g/mol. The zero-order valence-electron chi connectivity index (χ0n) is 17.1. The summed E-state index contributed by atoms with van der Waals surface area (Å²) in [6, 6.07) is 6.67. The maximum absolute atomic E-state index is 13.2. The molecule has 144 valence electrons. The number of hydrogen-bond acceptors (Lipinski definition) is 2. The van der Waals surface area contributed by atoms with Crippen molar-refractivity contribution < 1.29 is 4.79 Å². The van der Waals surface area contributed by atoms with E-state index in [1.807, 2.05) is 4.68 Å². The summed E-state index contributed by atoms with van der Waals surface area (Å²) >= 11 is 0. The quantitative estimate of drug-likeness (QED) is 0.796. The molecule has 1 aromatic heterocycles. The molecule has 0 saturated carbocycles. The molecule has 1 fully saturated rings. The lowest BCUT2D eigenvalue weighted by atomic mass is 9.88. The minimum Gasteiger partial charge on any atom is -0.334 e. The van der Waals surface area contributed by atoms with Gasteiger partial charge in [-0.25, -0.2) is 0 Å². The second-order valence-electron chi connectivity index (χ2n) is 8.43. The van der Waals surface area contributed by atoms with Gasteiger partial charge in [0.05, 0.1) is 11.7 Å². The van der Waals surface area contributed by atoms with E-state index in [1.54, 1.807) is 0 Å². The SMILES string of the molecule is Cc1cccc([C@@H]2CCCN2C(=O)Cn2nc3c(c2C)CCC[C@@H]3C)c1C. The molecule has 0 unspecified atom stereocenters. The summed E-state index contributed by atoms with van der Waals surface area (Å²) in [7, 11) is 0. The molecule has 27 heavy (non-hydrogen) atoms. The third-order valence-corrected chi connectivity index (χ3v) is 6.76. The van der Waals surface area contributed by atoms with E-state index in [-0.39, 0.29) is 11.9 Å². The average molecular weight is 366 g/mol. The summed E-state index contributed by atoms with van der Waals surface area (Å²) in [5, 5.41) is 4.84. The molecule has 1 aromatic carbocycles. The fourth-order valence-electron chi connectivity index (χ4n) is 4.93. The van der Waals surface area contributed by atoms with Gasteiger partial charge < -0.3 is 4.90 Å². The van der Waals surface area contributed by atoms with Crippen LogP contribution in [-0.2, 0) is 17.8 Å². The van der Waals surface area contributed by atoms with Crippen LogP contribution < -0.4 is 0 Å². The third kappa shape index (κ3) is 3.19. The van der Waals surface area contributed by atoms with E-state index < -0.39 is 0 Å². The van der Waals surface area contributed by atoms with Gasteiger partial charge in [0.1, 0.15) is 6.54 Å². The highest BCUT2D eigenvalue weighted by molar-refractivity contribution is 5.77. The van der Waals surface area contributed by atoms with E-state index in [2.05, 4.69) is 50.8 Å². The highest BCUT2D eigenvalue weighted by Crippen LogP contribution is 2.35. The van der Waals surface area contributed by atoms with E-state index in [9.17, 15) is 4.79 Å². The zero-order chi connectivity index (χ0) is 19.1. The van der Waals surface area contributed by atoms with E-state index in [0.717, 1.165) is 25.8 Å². The first-order chi connectivity index (χ1) is 13.0. The minimum absolute atomic E-state index is 0.203. The van der Waals surface area contributed by atoms with Crippen LogP contribution in [0.5, 0.6) is 0 Å². The maximum atomic E-state index is 13.2. The van der Waals surface area contributed by atoms with Crippen LogP contribution in [0.2, 0.25) is 0 Å². The number of amides is 1. The van der Waals surface area contributed by atoms with Crippen molar-refractivity contribution in [1.82, 2.24) is 14.7 Å². The van der Waals surface area contributed by atoms with Crippen molar-refractivity contribution in [3.8, 4) is 0 Å². The average Bonchev–Trinajstić information content (AvgIpc) is 3.24. The van der Waals surface area contributed by atoms with Crippen LogP contribution in [0.1, 0.15) is 78.2 Å². The fourth-order valence-corrected chi connectivity index (χ4v) is 4.93. The molecule has 2 aromatic rings. The van der Waals surface area contributed by atoms with Crippen molar-refractivity contribution in [2.24, 2.45) is 0 Å². The Morgan fingerprint density at radius 2 is 2.00 bits per heavy atom. The number of fused-ring (bicyclic) bond motifs is 1. The van der Waals surface area contributed by atoms with Gasteiger partial charge in [0.2, 0.25) is 5.91 Å². The normalized spacial score (nSPS) is 22.1. The lowest BCUT2D eigenvalue weighted by Gasteiger charge is -2.27. The summed E-state index contributed by atoms with van der Waals surface area (Å²) < 4.78 is 1.97. The zero-order valence-corrected chi connectivity index (χ0v) is 17.1. The van der Waals surface area contributed by atoms with Crippen molar-refractivity contribution in [3.63, 3.8) is 0 Å². The number of aromatic nitrogens is 2. The van der Waals surface area contributed by atoms with Crippen molar-refractivity contribution in [3.05, 3.63) is 51.8 Å². The Bertz CT molecular complexity index is 867. The summed E-state index contributed by atoms with van der Waals surface area (Å²) in [5.74, 6) is 0.715. The summed E-state index contributed by atoms with van der Waals surface area (Å²) in [4.78, 5) is 15.3. The number of hydrogen-bond donors (Lipinski definition) is 0. The van der Waals surface area contributed by atoms with Gasteiger partial charge >= 0.3 is 0 Å². The van der Waals surface area contributed by atoms with Crippen molar-refractivity contribution >= 4 is 5.91 Å². The van der Waals surface area contributed by atoms with Gasteiger partial charge in [0, 0.05) is 18.2 Å². The number of likely N-dealkylation sites (tertiary alicyclic amines) is 1. The Balaban J connectivity index is 1.57. The fraction of sp³-hybridized carbons (Fsp3) is 0.565. The molecular formula is C23H31N3O. The molecule has 1 aliphatic heterocycles. The van der Waals surface area contributed by atoms with E-state index >= 15 is 0 Å². The van der Waals surface area contributed by atoms with Gasteiger partial charge in [-0.2, -0.15) is 5.10 Å². The van der Waals surface area contributed by atoms with Gasteiger partial charge in [0.25, 0.3) is 0 Å². The van der Waals surface area contributed by atoms with Crippen LogP contribution >= 0.6 is 0 Å². The van der Waals surface area contributed by atoms with Crippen LogP contribution in [-0.4, -0.2) is 27.1 Å². The second-order valence-corrected chi connectivity index (χ2v) is 8.43. The van der Waals surface area contributed by atoms with Gasteiger partial charge in [-0.3, -0.25) is 9.48 Å². The predicted molar refractivity (Wildman–Crippen MR) is 108 cm³/mol. The highest BCUT2D eigenvalue weighted by Gasteiger charge is 2.32. The standard InChI is InChI=1S/C23H31N3O/c1-15-8-5-10-19(17(15)3)21-12-7-13-25(21)22(27)14-26-18(4)20-11-6-9-16(2)23(20)24-26/h5,8,10,16,21H,6-7,9,11-14H2,1-4H3/t16-,21-/m0/s1. The Kier molecular flexibility index (Phi) is 4.83. The number of carbonyl (C=O) groups is 1. The van der Waals surface area contributed by atoms with Crippen LogP contribution in [0.3, 0.4) is 0 Å². The predicted octanol–water partition coefficient (Wildman–Crippen LogP) is 4.61. The van der Waals surface area contributed by atoms with E-state index in [0.29, 0.717) is 12.5 Å². The van der Waals surface area contributed by atoms with Gasteiger partial charge in [-0.1, -0.05) is 25.1 Å². The molecule has 1 aliphatic carbocycles. The first kappa shape index (κ1) is 18.3. The number of rotatable bonds is 3. The molecular weight excluding hydrogens is 334 g/mol. The Morgan fingerprint density at radius 3 is 2.78 bits per heavy atom. The number of aryl methyl sites for hydroxylation is 1. The van der Waals surface area contributed by atoms with Gasteiger partial charge in [0.15, 0.2) is 0 Å². The molecule has 1 saturated heterocycles. The number of carbonyl (C=O) groups excluding carboxylic acids is 1. The molecule has 0 radical (unpaired) electrons. The largest absolute Gasteiger partial charge is 0.334 e. The molecule has 2 heterocycles. The first-order valence-corrected chi connectivity index (χ1v) is 10.4. The molecule has 0 bridgehead atoms. The Labute approximate surface area is 162 Å². The molecule has 0 N–H and O–H groups in total. The van der Waals surface area contributed by atoms with Crippen LogP contribution in [0.4, 0.5) is 0 Å². The van der Waals surface area contributed by atoms with Crippen molar-refractivity contribution in [2.75, 3.05) is 6.54 Å². The smallest absolute Gasteiger partial charge is 0.244 e. The maximum Gasteiger partial charge on any atom is 0.244 e. The molecule has 4 heteroatoms. The van der Waals surface area contributed by atoms with E-state index in [1.165, 1.54) is 46.5 Å². The van der Waals surface area contributed by atoms with E-state index in [4.69, 9.17) is 5.10 Å². The third-order valence-electron chi connectivity index (χ3n) is 6.76. The highest BCUT2D eigenvalue weighted by atomic mass is 16.2. The van der Waals surface area contributed by atoms with Crippen LogP contribution in [0.25, 0.3) is 0 Å². The molecule has 1 amide bonds. The van der Waals surface area contributed by atoms with Crippen LogP contribution in [0.15, 0.2) is 18.2 Å².